The third kappa shape index (κ3) is 4.47. The van der Waals surface area contributed by atoms with Crippen molar-refractivity contribution in [2.45, 2.75) is 6.42 Å². The lowest BCUT2D eigenvalue weighted by Gasteiger charge is -2.07. The zero-order valence-electron chi connectivity index (χ0n) is 10.8. The van der Waals surface area contributed by atoms with E-state index in [1.54, 1.807) is 35.7 Å². The average Bonchev–Trinajstić information content (AvgIpc) is 2.87. The highest BCUT2D eigenvalue weighted by Crippen LogP contribution is 2.22. The average molecular weight is 326 g/mol. The third-order valence-electron chi connectivity index (χ3n) is 2.53. The highest BCUT2D eigenvalue weighted by atomic mass is 35.5. The molecule has 0 aliphatic carbocycles. The van der Waals surface area contributed by atoms with Crippen LogP contribution in [0.2, 0.25) is 5.02 Å². The lowest BCUT2D eigenvalue weighted by Crippen LogP contribution is -2.16. The standard InChI is InChI=1S/C14H12ClNO4S/c15-9-2-1-3-10(8-9)20-6-4-12(17)16-11-5-7-21-13(11)14(18)19/h1-3,5,7-8H,4,6H2,(H,16,17)(H,18,19). The Hall–Kier alpha value is -2.05. The number of hydrogen-bond acceptors (Lipinski definition) is 4. The van der Waals surface area contributed by atoms with Crippen molar-refractivity contribution < 1.29 is 19.4 Å². The number of thiophene rings is 1. The molecule has 1 heterocycles. The molecule has 7 heteroatoms. The van der Waals surface area contributed by atoms with Crippen molar-refractivity contribution in [2.24, 2.45) is 0 Å². The lowest BCUT2D eigenvalue weighted by molar-refractivity contribution is -0.116. The van der Waals surface area contributed by atoms with Gasteiger partial charge in [0, 0.05) is 5.02 Å². The quantitative estimate of drug-likeness (QED) is 0.852. The second kappa shape index (κ2) is 7.10. The molecule has 0 unspecified atom stereocenters. The van der Waals surface area contributed by atoms with E-state index in [0.29, 0.717) is 16.5 Å². The summed E-state index contributed by atoms with van der Waals surface area (Å²) in [6.07, 6.45) is 0.113. The minimum atomic E-state index is -1.06. The van der Waals surface area contributed by atoms with Gasteiger partial charge in [-0.3, -0.25) is 4.79 Å². The molecule has 0 atom stereocenters. The number of amides is 1. The molecule has 2 aromatic rings. The molecule has 2 N–H and O–H groups in total. The van der Waals surface area contributed by atoms with Gasteiger partial charge in [0.15, 0.2) is 0 Å². The molecular formula is C14H12ClNO4S. The van der Waals surface area contributed by atoms with Crippen LogP contribution in [0.1, 0.15) is 16.1 Å². The molecule has 0 saturated carbocycles. The summed E-state index contributed by atoms with van der Waals surface area (Å²) in [7, 11) is 0. The van der Waals surface area contributed by atoms with Crippen molar-refractivity contribution >= 4 is 40.5 Å². The van der Waals surface area contributed by atoms with Gasteiger partial charge in [-0.25, -0.2) is 4.79 Å². The van der Waals surface area contributed by atoms with Gasteiger partial charge in [-0.15, -0.1) is 11.3 Å². The van der Waals surface area contributed by atoms with Crippen molar-refractivity contribution in [3.63, 3.8) is 0 Å². The van der Waals surface area contributed by atoms with Crippen LogP contribution in [0.4, 0.5) is 5.69 Å². The Balaban J connectivity index is 1.82. The Kier molecular flexibility index (Phi) is 5.19. The maximum absolute atomic E-state index is 11.7. The van der Waals surface area contributed by atoms with Gasteiger partial charge in [0.2, 0.25) is 5.91 Å². The molecule has 1 aromatic heterocycles. The fourth-order valence-corrected chi connectivity index (χ4v) is 2.47. The lowest BCUT2D eigenvalue weighted by atomic mass is 10.3. The number of carbonyl (C=O) groups excluding carboxylic acids is 1. The van der Waals surface area contributed by atoms with Gasteiger partial charge < -0.3 is 15.2 Å². The Morgan fingerprint density at radius 2 is 2.14 bits per heavy atom. The smallest absolute Gasteiger partial charge is 0.348 e. The largest absolute Gasteiger partial charge is 0.493 e. The second-order valence-electron chi connectivity index (χ2n) is 4.07. The molecule has 1 amide bonds. The van der Waals surface area contributed by atoms with E-state index >= 15 is 0 Å². The molecule has 1 aromatic carbocycles. The fourth-order valence-electron chi connectivity index (χ4n) is 1.60. The first-order chi connectivity index (χ1) is 10.1. The molecular weight excluding hydrogens is 314 g/mol. The van der Waals surface area contributed by atoms with E-state index in [2.05, 4.69) is 5.32 Å². The van der Waals surface area contributed by atoms with E-state index in [4.69, 9.17) is 21.4 Å². The number of anilines is 1. The first-order valence-corrected chi connectivity index (χ1v) is 7.31. The predicted octanol–water partition coefficient (Wildman–Crippen LogP) is 3.51. The monoisotopic (exact) mass is 325 g/mol. The minimum absolute atomic E-state index is 0.110. The summed E-state index contributed by atoms with van der Waals surface area (Å²) in [5.41, 5.74) is 0.306. The van der Waals surface area contributed by atoms with E-state index in [1.165, 1.54) is 0 Å². The Morgan fingerprint density at radius 3 is 2.86 bits per heavy atom. The highest BCUT2D eigenvalue weighted by molar-refractivity contribution is 7.12. The van der Waals surface area contributed by atoms with E-state index < -0.39 is 5.97 Å². The van der Waals surface area contributed by atoms with Gasteiger partial charge in [-0.2, -0.15) is 0 Å². The Morgan fingerprint density at radius 1 is 1.33 bits per heavy atom. The fraction of sp³-hybridized carbons (Fsp3) is 0.143. The predicted molar refractivity (Wildman–Crippen MR) is 81.5 cm³/mol. The number of rotatable bonds is 6. The Labute approximate surface area is 130 Å². The van der Waals surface area contributed by atoms with E-state index in [1.807, 2.05) is 0 Å². The number of carboxylic acid groups (broad SMARTS) is 1. The van der Waals surface area contributed by atoms with Gasteiger partial charge >= 0.3 is 5.97 Å². The maximum atomic E-state index is 11.7. The molecule has 21 heavy (non-hydrogen) atoms. The molecule has 0 aliphatic rings. The number of halogens is 1. The van der Waals surface area contributed by atoms with Crippen LogP contribution in [0.5, 0.6) is 5.75 Å². The number of carbonyl (C=O) groups is 2. The second-order valence-corrected chi connectivity index (χ2v) is 5.43. The van der Waals surface area contributed by atoms with Crippen LogP contribution < -0.4 is 10.1 Å². The zero-order valence-corrected chi connectivity index (χ0v) is 12.4. The minimum Gasteiger partial charge on any atom is -0.493 e. The summed E-state index contributed by atoms with van der Waals surface area (Å²) >= 11 is 6.88. The Bertz CT molecular complexity index is 656. The topological polar surface area (TPSA) is 75.6 Å². The van der Waals surface area contributed by atoms with E-state index in [0.717, 1.165) is 11.3 Å². The van der Waals surface area contributed by atoms with Crippen LogP contribution in [0.25, 0.3) is 0 Å². The molecule has 110 valence electrons. The zero-order chi connectivity index (χ0) is 15.2. The van der Waals surface area contributed by atoms with E-state index in [-0.39, 0.29) is 23.8 Å². The maximum Gasteiger partial charge on any atom is 0.348 e. The first kappa shape index (κ1) is 15.3. The number of carboxylic acids is 1. The normalized spacial score (nSPS) is 10.1. The molecule has 0 aliphatic heterocycles. The SMILES string of the molecule is O=C(CCOc1cccc(Cl)c1)Nc1ccsc1C(=O)O. The van der Waals surface area contributed by atoms with Gasteiger partial charge in [0.05, 0.1) is 18.7 Å². The number of benzene rings is 1. The number of nitrogens with one attached hydrogen (secondary N) is 1. The molecule has 5 nitrogen and oxygen atoms in total. The van der Waals surface area contributed by atoms with Crippen molar-refractivity contribution in [3.05, 3.63) is 45.6 Å². The van der Waals surface area contributed by atoms with Crippen LogP contribution >= 0.6 is 22.9 Å². The molecule has 0 fully saturated rings. The molecule has 0 bridgehead atoms. The summed E-state index contributed by atoms with van der Waals surface area (Å²) < 4.78 is 5.40. The van der Waals surface area contributed by atoms with Gasteiger partial charge in [-0.1, -0.05) is 17.7 Å². The number of hydrogen-bond donors (Lipinski definition) is 2. The van der Waals surface area contributed by atoms with Crippen LogP contribution in [-0.4, -0.2) is 23.6 Å². The summed E-state index contributed by atoms with van der Waals surface area (Å²) in [5.74, 6) is -0.787. The van der Waals surface area contributed by atoms with Gasteiger partial charge in [-0.05, 0) is 29.6 Å². The summed E-state index contributed by atoms with van der Waals surface area (Å²) in [6, 6.07) is 8.43. The third-order valence-corrected chi connectivity index (χ3v) is 3.66. The summed E-state index contributed by atoms with van der Waals surface area (Å²) in [5, 5.41) is 13.7. The van der Waals surface area contributed by atoms with E-state index in [9.17, 15) is 9.59 Å². The summed E-state index contributed by atoms with van der Waals surface area (Å²) in [4.78, 5) is 22.8. The van der Waals surface area contributed by atoms with Crippen LogP contribution in [0, 0.1) is 0 Å². The van der Waals surface area contributed by atoms with Gasteiger partial charge in [0.1, 0.15) is 10.6 Å². The van der Waals surface area contributed by atoms with Gasteiger partial charge in [0.25, 0.3) is 0 Å². The first-order valence-electron chi connectivity index (χ1n) is 6.05. The van der Waals surface area contributed by atoms with Crippen molar-refractivity contribution in [1.82, 2.24) is 0 Å². The molecule has 0 spiro atoms. The summed E-state index contributed by atoms with van der Waals surface area (Å²) in [6.45, 7) is 0.179. The number of ether oxygens (including phenoxy) is 1. The van der Waals surface area contributed by atoms with Crippen molar-refractivity contribution in [3.8, 4) is 5.75 Å². The molecule has 2 rings (SSSR count). The highest BCUT2D eigenvalue weighted by Gasteiger charge is 2.13. The van der Waals surface area contributed by atoms with Crippen LogP contribution in [0.3, 0.4) is 0 Å². The van der Waals surface area contributed by atoms with Crippen LogP contribution in [-0.2, 0) is 4.79 Å². The molecule has 0 saturated heterocycles. The molecule has 0 radical (unpaired) electrons. The van der Waals surface area contributed by atoms with Crippen molar-refractivity contribution in [2.75, 3.05) is 11.9 Å². The van der Waals surface area contributed by atoms with Crippen molar-refractivity contribution in [1.29, 1.82) is 0 Å². The van der Waals surface area contributed by atoms with Crippen LogP contribution in [0.15, 0.2) is 35.7 Å². The number of aromatic carboxylic acids is 1.